The average Bonchev–Trinajstić information content (AvgIpc) is 2.41. The quantitative estimate of drug-likeness (QED) is 0.892. The molecule has 0 aromatic heterocycles. The van der Waals surface area contributed by atoms with Crippen molar-refractivity contribution in [3.8, 4) is 0 Å². The molecule has 3 fully saturated rings. The number of rotatable bonds is 2. The Labute approximate surface area is 116 Å². The molecule has 3 heteroatoms. The molecule has 1 aromatic rings. The minimum atomic E-state index is -0.577. The first kappa shape index (κ1) is 12.2. The fraction of sp³-hybridized carbons (Fsp3) is 0.533. The van der Waals surface area contributed by atoms with Gasteiger partial charge < -0.3 is 5.11 Å². The van der Waals surface area contributed by atoms with Crippen molar-refractivity contribution >= 4 is 21.9 Å². The van der Waals surface area contributed by atoms with Gasteiger partial charge in [0.1, 0.15) is 0 Å². The maximum atomic E-state index is 11.4. The molecular weight excluding hydrogens is 292 g/mol. The Kier molecular flexibility index (Phi) is 2.77. The number of carbonyl (C=O) groups is 1. The Morgan fingerprint density at radius 1 is 1.00 bits per heavy atom. The summed E-state index contributed by atoms with van der Waals surface area (Å²) in [6.07, 6.45) is 5.62. The Morgan fingerprint density at radius 2 is 1.50 bits per heavy atom. The lowest BCUT2D eigenvalue weighted by Gasteiger charge is -2.51. The van der Waals surface area contributed by atoms with E-state index in [1.807, 2.05) is 0 Å². The molecule has 1 aromatic carbocycles. The number of halogens is 1. The van der Waals surface area contributed by atoms with E-state index in [2.05, 4.69) is 40.2 Å². The predicted molar refractivity (Wildman–Crippen MR) is 73.6 cm³/mol. The van der Waals surface area contributed by atoms with Crippen molar-refractivity contribution in [1.82, 2.24) is 0 Å². The number of carboxylic acid groups (broad SMARTS) is 1. The second kappa shape index (κ2) is 4.09. The number of fused-ring (bicyclic) bond motifs is 3. The first-order chi connectivity index (χ1) is 8.56. The standard InChI is InChI=1S/C15H17BrO2/c16-12-3-1-11(2-4-12)14-5-8-15(9-6-14,10-7-14)13(17)18/h1-4H,5-10H2,(H,17,18). The van der Waals surface area contributed by atoms with Crippen LogP contribution in [0, 0.1) is 5.41 Å². The van der Waals surface area contributed by atoms with Gasteiger partial charge in [0.15, 0.2) is 0 Å². The molecule has 0 unspecified atom stereocenters. The van der Waals surface area contributed by atoms with E-state index >= 15 is 0 Å². The molecule has 3 saturated carbocycles. The Morgan fingerprint density at radius 3 is 1.94 bits per heavy atom. The summed E-state index contributed by atoms with van der Waals surface area (Å²) in [7, 11) is 0. The maximum Gasteiger partial charge on any atom is 0.309 e. The van der Waals surface area contributed by atoms with E-state index in [4.69, 9.17) is 0 Å². The maximum absolute atomic E-state index is 11.4. The second-order valence-corrected chi connectivity index (χ2v) is 6.79. The van der Waals surface area contributed by atoms with Gasteiger partial charge >= 0.3 is 5.97 Å². The highest BCUT2D eigenvalue weighted by Crippen LogP contribution is 2.57. The molecule has 18 heavy (non-hydrogen) atoms. The van der Waals surface area contributed by atoms with Gasteiger partial charge in [0.05, 0.1) is 5.41 Å². The summed E-state index contributed by atoms with van der Waals surface area (Å²) < 4.78 is 1.11. The monoisotopic (exact) mass is 308 g/mol. The first-order valence-electron chi connectivity index (χ1n) is 6.56. The fourth-order valence-corrected chi connectivity index (χ4v) is 4.01. The van der Waals surface area contributed by atoms with Crippen LogP contribution >= 0.6 is 15.9 Å². The zero-order valence-electron chi connectivity index (χ0n) is 10.3. The van der Waals surface area contributed by atoms with E-state index < -0.39 is 11.4 Å². The van der Waals surface area contributed by atoms with Gasteiger partial charge in [0, 0.05) is 4.47 Å². The van der Waals surface area contributed by atoms with Crippen molar-refractivity contribution in [2.45, 2.75) is 43.9 Å². The molecule has 0 radical (unpaired) electrons. The molecule has 3 aliphatic carbocycles. The van der Waals surface area contributed by atoms with Crippen molar-refractivity contribution in [3.63, 3.8) is 0 Å². The lowest BCUT2D eigenvalue weighted by molar-refractivity contribution is -0.156. The molecule has 2 nitrogen and oxygen atoms in total. The third-order valence-electron chi connectivity index (χ3n) is 5.16. The summed E-state index contributed by atoms with van der Waals surface area (Å²) in [6, 6.07) is 8.59. The van der Waals surface area contributed by atoms with Crippen molar-refractivity contribution in [1.29, 1.82) is 0 Å². The van der Waals surface area contributed by atoms with Crippen LogP contribution in [0.3, 0.4) is 0 Å². The SMILES string of the molecule is O=C(O)C12CCC(c3ccc(Br)cc3)(CC1)CC2. The van der Waals surface area contributed by atoms with Crippen LogP contribution in [-0.4, -0.2) is 11.1 Å². The largest absolute Gasteiger partial charge is 0.481 e. The topological polar surface area (TPSA) is 37.3 Å². The van der Waals surface area contributed by atoms with Crippen LogP contribution in [0.25, 0.3) is 0 Å². The summed E-state index contributed by atoms with van der Waals surface area (Å²) in [5.41, 5.74) is 1.24. The normalized spacial score (nSPS) is 34.5. The molecule has 0 saturated heterocycles. The van der Waals surface area contributed by atoms with Gasteiger partial charge in [-0.15, -0.1) is 0 Å². The zero-order chi connectivity index (χ0) is 12.8. The molecule has 2 bridgehead atoms. The van der Waals surface area contributed by atoms with Gasteiger partial charge in [-0.05, 0) is 61.6 Å². The lowest BCUT2D eigenvalue weighted by atomic mass is 9.52. The van der Waals surface area contributed by atoms with Crippen LogP contribution in [0.1, 0.15) is 44.1 Å². The van der Waals surface area contributed by atoms with Crippen LogP contribution in [0.5, 0.6) is 0 Å². The van der Waals surface area contributed by atoms with E-state index in [-0.39, 0.29) is 5.41 Å². The van der Waals surface area contributed by atoms with E-state index in [0.29, 0.717) is 0 Å². The fourth-order valence-electron chi connectivity index (χ4n) is 3.74. The number of benzene rings is 1. The smallest absolute Gasteiger partial charge is 0.309 e. The summed E-state index contributed by atoms with van der Waals surface area (Å²) >= 11 is 3.47. The van der Waals surface area contributed by atoms with E-state index in [1.54, 1.807) is 0 Å². The van der Waals surface area contributed by atoms with Gasteiger partial charge in [0.25, 0.3) is 0 Å². The zero-order valence-corrected chi connectivity index (χ0v) is 11.9. The predicted octanol–water partition coefficient (Wildman–Crippen LogP) is 4.13. The minimum absolute atomic E-state index is 0.248. The van der Waals surface area contributed by atoms with Gasteiger partial charge in [0.2, 0.25) is 0 Å². The molecule has 0 heterocycles. The molecule has 0 spiro atoms. The van der Waals surface area contributed by atoms with Gasteiger partial charge in [-0.1, -0.05) is 28.1 Å². The summed E-state index contributed by atoms with van der Waals surface area (Å²) in [4.78, 5) is 11.4. The molecule has 4 rings (SSSR count). The third-order valence-corrected chi connectivity index (χ3v) is 5.69. The highest BCUT2D eigenvalue weighted by Gasteiger charge is 2.52. The second-order valence-electron chi connectivity index (χ2n) is 5.87. The van der Waals surface area contributed by atoms with Crippen molar-refractivity contribution in [2.75, 3.05) is 0 Å². The summed E-state index contributed by atoms with van der Waals surface area (Å²) in [6.45, 7) is 0. The van der Waals surface area contributed by atoms with Crippen LogP contribution < -0.4 is 0 Å². The molecular formula is C15H17BrO2. The van der Waals surface area contributed by atoms with Crippen LogP contribution in [0.15, 0.2) is 28.7 Å². The number of aliphatic carboxylic acids is 1. The summed E-state index contributed by atoms with van der Waals surface area (Å²) in [5, 5.41) is 9.40. The van der Waals surface area contributed by atoms with Crippen LogP contribution in [0.4, 0.5) is 0 Å². The van der Waals surface area contributed by atoms with Gasteiger partial charge in [-0.2, -0.15) is 0 Å². The Balaban J connectivity index is 1.88. The molecule has 0 atom stereocenters. The van der Waals surface area contributed by atoms with E-state index in [9.17, 15) is 9.90 Å². The molecule has 0 aliphatic heterocycles. The summed E-state index contributed by atoms with van der Waals surface area (Å²) in [5.74, 6) is -0.577. The Hall–Kier alpha value is -0.830. The number of hydrogen-bond donors (Lipinski definition) is 1. The average molecular weight is 309 g/mol. The van der Waals surface area contributed by atoms with Crippen molar-refractivity contribution in [2.24, 2.45) is 5.41 Å². The van der Waals surface area contributed by atoms with Crippen LogP contribution in [-0.2, 0) is 10.2 Å². The first-order valence-corrected chi connectivity index (χ1v) is 7.35. The van der Waals surface area contributed by atoms with E-state index in [1.165, 1.54) is 5.56 Å². The van der Waals surface area contributed by atoms with Crippen molar-refractivity contribution < 1.29 is 9.90 Å². The highest BCUT2D eigenvalue weighted by molar-refractivity contribution is 9.10. The number of carboxylic acids is 1. The van der Waals surface area contributed by atoms with Crippen LogP contribution in [0.2, 0.25) is 0 Å². The Bertz CT molecular complexity index is 453. The van der Waals surface area contributed by atoms with E-state index in [0.717, 1.165) is 43.0 Å². The van der Waals surface area contributed by atoms with Crippen molar-refractivity contribution in [3.05, 3.63) is 34.3 Å². The molecule has 3 aliphatic rings. The van der Waals surface area contributed by atoms with Gasteiger partial charge in [-0.25, -0.2) is 0 Å². The highest BCUT2D eigenvalue weighted by atomic mass is 79.9. The minimum Gasteiger partial charge on any atom is -0.481 e. The molecule has 96 valence electrons. The lowest BCUT2D eigenvalue weighted by Crippen LogP contribution is -2.47. The van der Waals surface area contributed by atoms with Gasteiger partial charge in [-0.3, -0.25) is 4.79 Å². The molecule has 0 amide bonds. The molecule has 1 N–H and O–H groups in total. The number of hydrogen-bond acceptors (Lipinski definition) is 1. The third kappa shape index (κ3) is 1.71.